The van der Waals surface area contributed by atoms with Crippen molar-refractivity contribution in [1.82, 2.24) is 14.5 Å². The highest BCUT2D eigenvalue weighted by Crippen LogP contribution is 2.21. The van der Waals surface area contributed by atoms with Gasteiger partial charge >= 0.3 is 0 Å². The smallest absolute Gasteiger partial charge is 0.248 e. The largest absolute Gasteiger partial charge is 0.370 e. The summed E-state index contributed by atoms with van der Waals surface area (Å²) in [6, 6.07) is 11.4. The van der Waals surface area contributed by atoms with E-state index in [-0.39, 0.29) is 18.6 Å². The summed E-state index contributed by atoms with van der Waals surface area (Å²) in [5, 5.41) is 1.02. The molecule has 3 heterocycles. The van der Waals surface area contributed by atoms with Crippen molar-refractivity contribution >= 4 is 28.5 Å². The fourth-order valence-corrected chi connectivity index (χ4v) is 4.30. The van der Waals surface area contributed by atoms with Gasteiger partial charge in [0, 0.05) is 61.8 Å². The van der Waals surface area contributed by atoms with Crippen LogP contribution in [-0.2, 0) is 16.1 Å². The molecule has 2 amide bonds. The van der Waals surface area contributed by atoms with E-state index < -0.39 is 5.91 Å². The summed E-state index contributed by atoms with van der Waals surface area (Å²) in [5.74, 6) is 3.01. The summed E-state index contributed by atoms with van der Waals surface area (Å²) in [7, 11) is 1.84. The normalized spacial score (nSPS) is 14.2. The number of nitrogens with zero attached hydrogens (tertiary/aromatic N) is 4. The van der Waals surface area contributed by atoms with Crippen molar-refractivity contribution in [2.75, 3.05) is 38.3 Å². The van der Waals surface area contributed by atoms with Crippen LogP contribution in [0.5, 0.6) is 0 Å². The minimum atomic E-state index is -0.455. The first kappa shape index (κ1) is 23.3. The van der Waals surface area contributed by atoms with Gasteiger partial charge in [0.1, 0.15) is 12.4 Å². The number of primary amides is 1. The third-order valence-electron chi connectivity index (χ3n) is 6.40. The zero-order valence-electron chi connectivity index (χ0n) is 19.3. The lowest BCUT2D eigenvalue weighted by molar-refractivity contribution is -0.137. The minimum absolute atomic E-state index is 0.0247. The van der Waals surface area contributed by atoms with Crippen LogP contribution in [0.1, 0.15) is 28.8 Å². The Hall–Kier alpha value is -3.83. The Morgan fingerprint density at radius 2 is 2.03 bits per heavy atom. The molecular weight excluding hydrogens is 430 g/mol. The van der Waals surface area contributed by atoms with Gasteiger partial charge in [0.05, 0.1) is 6.61 Å². The van der Waals surface area contributed by atoms with Crippen molar-refractivity contribution in [1.29, 1.82) is 0 Å². The third-order valence-corrected chi connectivity index (χ3v) is 6.40. The van der Waals surface area contributed by atoms with E-state index in [1.165, 1.54) is 0 Å². The van der Waals surface area contributed by atoms with Crippen molar-refractivity contribution < 1.29 is 14.3 Å². The topological polar surface area (TPSA) is 93.7 Å². The number of piperidine rings is 1. The zero-order valence-corrected chi connectivity index (χ0v) is 19.3. The molecule has 0 unspecified atom stereocenters. The molecule has 1 saturated heterocycles. The minimum Gasteiger partial charge on any atom is -0.370 e. The number of aromatic nitrogens is 2. The molecule has 4 rings (SSSR count). The average molecular weight is 460 g/mol. The van der Waals surface area contributed by atoms with Gasteiger partial charge in [0.25, 0.3) is 0 Å². The van der Waals surface area contributed by atoms with E-state index in [1.807, 2.05) is 42.1 Å². The molecule has 34 heavy (non-hydrogen) atoms. The lowest BCUT2D eigenvalue weighted by Gasteiger charge is -2.37. The number of rotatable bonds is 8. The van der Waals surface area contributed by atoms with Crippen LogP contribution >= 0.6 is 0 Å². The molecule has 1 aromatic carbocycles. The number of hydrogen-bond donors (Lipinski definition) is 1. The highest BCUT2D eigenvalue weighted by Gasteiger charge is 2.26. The second-order valence-corrected chi connectivity index (χ2v) is 8.47. The molecule has 0 saturated carbocycles. The molecule has 0 atom stereocenters. The van der Waals surface area contributed by atoms with E-state index in [0.717, 1.165) is 48.2 Å². The van der Waals surface area contributed by atoms with Gasteiger partial charge in [-0.1, -0.05) is 12.0 Å². The van der Waals surface area contributed by atoms with E-state index in [2.05, 4.69) is 15.8 Å². The zero-order chi connectivity index (χ0) is 24.1. The summed E-state index contributed by atoms with van der Waals surface area (Å²) in [5.41, 5.74) is 7.54. The number of benzene rings is 1. The predicted molar refractivity (Wildman–Crippen MR) is 131 cm³/mol. The SMILES string of the molecule is C#Cc1ccc(N2CCC(N(C)C(=O)COCCn3ccc4ccc(C(N)=O)cc43)CC2)nc1. The van der Waals surface area contributed by atoms with Gasteiger partial charge in [-0.25, -0.2) is 4.98 Å². The first-order valence-corrected chi connectivity index (χ1v) is 11.4. The summed E-state index contributed by atoms with van der Waals surface area (Å²) in [4.78, 5) is 32.6. The highest BCUT2D eigenvalue weighted by atomic mass is 16.5. The van der Waals surface area contributed by atoms with E-state index >= 15 is 0 Å². The molecule has 1 aliphatic rings. The van der Waals surface area contributed by atoms with E-state index in [9.17, 15) is 9.59 Å². The molecule has 8 heteroatoms. The van der Waals surface area contributed by atoms with Gasteiger partial charge in [0.2, 0.25) is 11.8 Å². The molecule has 1 fully saturated rings. The van der Waals surface area contributed by atoms with Gasteiger partial charge in [-0.15, -0.1) is 6.42 Å². The summed E-state index contributed by atoms with van der Waals surface area (Å²) < 4.78 is 7.68. The number of ether oxygens (including phenoxy) is 1. The number of anilines is 1. The lowest BCUT2D eigenvalue weighted by atomic mass is 10.0. The van der Waals surface area contributed by atoms with Gasteiger partial charge in [-0.05, 0) is 48.6 Å². The molecule has 3 aromatic rings. The van der Waals surface area contributed by atoms with Crippen LogP contribution in [0.4, 0.5) is 5.82 Å². The van der Waals surface area contributed by atoms with Crippen LogP contribution in [0.15, 0.2) is 48.8 Å². The first-order valence-electron chi connectivity index (χ1n) is 11.4. The second kappa shape index (κ2) is 10.4. The van der Waals surface area contributed by atoms with Crippen LogP contribution in [0, 0.1) is 12.3 Å². The number of pyridine rings is 1. The Bertz CT molecular complexity index is 1200. The first-order chi connectivity index (χ1) is 16.5. The number of carbonyl (C=O) groups is 2. The summed E-state index contributed by atoms with van der Waals surface area (Å²) >= 11 is 0. The Morgan fingerprint density at radius 1 is 1.24 bits per heavy atom. The molecule has 2 aromatic heterocycles. The maximum absolute atomic E-state index is 12.7. The predicted octanol–water partition coefficient (Wildman–Crippen LogP) is 2.26. The Kier molecular flexibility index (Phi) is 7.14. The number of nitrogens with two attached hydrogens (primary N) is 1. The second-order valence-electron chi connectivity index (χ2n) is 8.47. The molecular formula is C26H29N5O3. The Morgan fingerprint density at radius 3 is 2.71 bits per heavy atom. The van der Waals surface area contributed by atoms with Gasteiger partial charge in [0.15, 0.2) is 0 Å². The number of amides is 2. The summed E-state index contributed by atoms with van der Waals surface area (Å²) in [6.45, 7) is 2.67. The monoisotopic (exact) mass is 459 g/mol. The number of hydrogen-bond acceptors (Lipinski definition) is 5. The maximum atomic E-state index is 12.7. The molecule has 176 valence electrons. The molecule has 0 aliphatic carbocycles. The molecule has 2 N–H and O–H groups in total. The lowest BCUT2D eigenvalue weighted by Crippen LogP contribution is -2.46. The van der Waals surface area contributed by atoms with Crippen molar-refractivity contribution in [3.8, 4) is 12.3 Å². The molecule has 1 aliphatic heterocycles. The number of likely N-dealkylation sites (N-methyl/N-ethyl adjacent to an activating group) is 1. The van der Waals surface area contributed by atoms with Crippen LogP contribution < -0.4 is 10.6 Å². The van der Waals surface area contributed by atoms with Crippen molar-refractivity contribution in [2.24, 2.45) is 5.73 Å². The van der Waals surface area contributed by atoms with Crippen molar-refractivity contribution in [2.45, 2.75) is 25.4 Å². The van der Waals surface area contributed by atoms with Gasteiger partial charge < -0.3 is 24.8 Å². The standard InChI is InChI=1S/C26H29N5O3/c1-3-19-4-7-24(28-17-19)31-12-9-22(10-13-31)29(2)25(32)18-34-15-14-30-11-8-20-5-6-21(26(27)33)16-23(20)30/h1,4-8,11,16-17,22H,9-10,12-15,18H2,2H3,(H2,27,33). The fourth-order valence-electron chi connectivity index (χ4n) is 4.30. The molecule has 0 spiro atoms. The highest BCUT2D eigenvalue weighted by molar-refractivity contribution is 5.97. The quantitative estimate of drug-likeness (QED) is 0.412. The van der Waals surface area contributed by atoms with Crippen LogP contribution in [-0.4, -0.2) is 65.7 Å². The Labute approximate surface area is 199 Å². The van der Waals surface area contributed by atoms with Crippen molar-refractivity contribution in [3.05, 3.63) is 59.9 Å². The molecule has 8 nitrogen and oxygen atoms in total. The van der Waals surface area contributed by atoms with Crippen LogP contribution in [0.2, 0.25) is 0 Å². The average Bonchev–Trinajstić information content (AvgIpc) is 3.28. The Balaban J connectivity index is 1.22. The van der Waals surface area contributed by atoms with Crippen LogP contribution in [0.25, 0.3) is 10.9 Å². The van der Waals surface area contributed by atoms with Gasteiger partial charge in [-0.2, -0.15) is 0 Å². The fraction of sp³-hybridized carbons (Fsp3) is 0.346. The number of terminal acetylenes is 1. The van der Waals surface area contributed by atoms with Gasteiger partial charge in [-0.3, -0.25) is 9.59 Å². The third kappa shape index (κ3) is 5.21. The van der Waals surface area contributed by atoms with Crippen molar-refractivity contribution in [3.63, 3.8) is 0 Å². The van der Waals surface area contributed by atoms with E-state index in [1.54, 1.807) is 23.2 Å². The van der Waals surface area contributed by atoms with E-state index in [4.69, 9.17) is 16.9 Å². The van der Waals surface area contributed by atoms with E-state index in [0.29, 0.717) is 18.7 Å². The number of carbonyl (C=O) groups excluding carboxylic acids is 2. The molecule has 0 radical (unpaired) electrons. The molecule has 0 bridgehead atoms. The summed E-state index contributed by atoms with van der Waals surface area (Å²) in [6.07, 6.45) is 10.8. The van der Waals surface area contributed by atoms with Crippen LogP contribution in [0.3, 0.4) is 0 Å². The number of fused-ring (bicyclic) bond motifs is 1. The maximum Gasteiger partial charge on any atom is 0.248 e.